The van der Waals surface area contributed by atoms with Crippen molar-refractivity contribution in [1.82, 2.24) is 20.2 Å². The Morgan fingerprint density at radius 2 is 1.76 bits per heavy atom. The van der Waals surface area contributed by atoms with Crippen molar-refractivity contribution in [2.45, 2.75) is 27.2 Å². The van der Waals surface area contributed by atoms with Gasteiger partial charge in [-0.3, -0.25) is 9.97 Å². The number of hydrogen-bond acceptors (Lipinski definition) is 5. The van der Waals surface area contributed by atoms with Crippen LogP contribution in [0.2, 0.25) is 0 Å². The maximum Gasteiger partial charge on any atom is 0.0604 e. The highest BCUT2D eigenvalue weighted by atomic mass is 15.1. The van der Waals surface area contributed by atoms with Crippen LogP contribution in [0.3, 0.4) is 0 Å². The van der Waals surface area contributed by atoms with Crippen LogP contribution in [0.4, 0.5) is 5.69 Å². The van der Waals surface area contributed by atoms with E-state index in [9.17, 15) is 0 Å². The Bertz CT molecular complexity index is 1250. The molecule has 198 valence electrons. The molecule has 0 spiro atoms. The van der Waals surface area contributed by atoms with Gasteiger partial charge < -0.3 is 15.5 Å². The number of terminal acetylenes is 1. The highest BCUT2D eigenvalue weighted by Crippen LogP contribution is 2.29. The number of allylic oxidation sites excluding steroid dienone is 9. The normalized spacial score (nSPS) is 12.1. The zero-order valence-corrected chi connectivity index (χ0v) is 23.7. The molecule has 5 nitrogen and oxygen atoms in total. The second-order valence-corrected chi connectivity index (χ2v) is 8.57. The van der Waals surface area contributed by atoms with E-state index >= 15 is 0 Å². The average Bonchev–Trinajstić information content (AvgIpc) is 2.92. The molecule has 2 aromatic heterocycles. The van der Waals surface area contributed by atoms with E-state index in [0.717, 1.165) is 56.2 Å². The maximum absolute atomic E-state index is 4.44. The lowest BCUT2D eigenvalue weighted by Gasteiger charge is -2.18. The summed E-state index contributed by atoms with van der Waals surface area (Å²) in [5, 5.41) is 6.78. The van der Waals surface area contributed by atoms with E-state index in [-0.39, 0.29) is 0 Å². The van der Waals surface area contributed by atoms with Crippen LogP contribution in [0.25, 0.3) is 11.1 Å². The summed E-state index contributed by atoms with van der Waals surface area (Å²) in [6, 6.07) is 3.97. The van der Waals surface area contributed by atoms with Crippen molar-refractivity contribution in [2.24, 2.45) is 0 Å². The molecule has 0 saturated carbocycles. The minimum atomic E-state index is 0.610. The van der Waals surface area contributed by atoms with Gasteiger partial charge in [-0.05, 0) is 67.3 Å². The van der Waals surface area contributed by atoms with E-state index in [1.807, 2.05) is 76.7 Å². The molecule has 2 heterocycles. The molecule has 0 aliphatic carbocycles. The van der Waals surface area contributed by atoms with Gasteiger partial charge in [0.25, 0.3) is 0 Å². The second-order valence-electron chi connectivity index (χ2n) is 8.57. The summed E-state index contributed by atoms with van der Waals surface area (Å²) in [4.78, 5) is 10.7. The molecular weight excluding hydrogens is 466 g/mol. The standard InChI is InChI=1S/C31H39N5.C2H2/c1-10-25(18-28(11-2)36(8)9)22(4)16-27(30(12-3)32-7)17-23(5)35-31-21-34-20-29(24(31)6)26-14-13-15-33-19-26;1-2/h10-16,18-21,32,35H,2,4-5,17H2,1,3,6-9H3;1-2H/b25-10+,27-16-,28-18+,30-12+;. The molecule has 2 rings (SSSR count). The first-order valence-electron chi connectivity index (χ1n) is 12.3. The summed E-state index contributed by atoms with van der Waals surface area (Å²) in [5.41, 5.74) is 10.00. The summed E-state index contributed by atoms with van der Waals surface area (Å²) in [6.07, 6.45) is 26.1. The summed E-state index contributed by atoms with van der Waals surface area (Å²) in [5.74, 6) is 0. The van der Waals surface area contributed by atoms with Crippen LogP contribution in [0.15, 0.2) is 121 Å². The van der Waals surface area contributed by atoms with E-state index in [1.165, 1.54) is 0 Å². The number of nitrogens with one attached hydrogen (secondary N) is 2. The van der Waals surface area contributed by atoms with Crippen molar-refractivity contribution >= 4 is 5.69 Å². The zero-order chi connectivity index (χ0) is 28.7. The van der Waals surface area contributed by atoms with Crippen LogP contribution in [-0.4, -0.2) is 36.0 Å². The number of likely N-dealkylation sites (N-methyl/N-ethyl adjacent to an activating group) is 2. The molecule has 0 unspecified atom stereocenters. The largest absolute Gasteiger partial charge is 0.388 e. The van der Waals surface area contributed by atoms with Crippen LogP contribution in [-0.2, 0) is 0 Å². The molecule has 0 fully saturated rings. The lowest BCUT2D eigenvalue weighted by molar-refractivity contribution is 0.530. The van der Waals surface area contributed by atoms with Gasteiger partial charge >= 0.3 is 0 Å². The highest BCUT2D eigenvalue weighted by molar-refractivity contribution is 5.72. The van der Waals surface area contributed by atoms with Gasteiger partial charge in [0.15, 0.2) is 0 Å². The summed E-state index contributed by atoms with van der Waals surface area (Å²) >= 11 is 0. The van der Waals surface area contributed by atoms with Crippen molar-refractivity contribution in [3.8, 4) is 24.0 Å². The Morgan fingerprint density at radius 1 is 1.05 bits per heavy atom. The van der Waals surface area contributed by atoms with Gasteiger partial charge in [-0.2, -0.15) is 0 Å². The Balaban J connectivity index is 0.00000352. The molecule has 0 saturated heterocycles. The quantitative estimate of drug-likeness (QED) is 0.235. The number of aromatic nitrogens is 2. The van der Waals surface area contributed by atoms with Gasteiger partial charge in [-0.15, -0.1) is 12.8 Å². The fraction of sp³-hybridized carbons (Fsp3) is 0.212. The third-order valence-corrected chi connectivity index (χ3v) is 5.87. The van der Waals surface area contributed by atoms with E-state index in [4.69, 9.17) is 0 Å². The Morgan fingerprint density at radius 3 is 2.29 bits per heavy atom. The summed E-state index contributed by atoms with van der Waals surface area (Å²) < 4.78 is 0. The fourth-order valence-corrected chi connectivity index (χ4v) is 3.83. The fourth-order valence-electron chi connectivity index (χ4n) is 3.83. The van der Waals surface area contributed by atoms with Crippen molar-refractivity contribution in [3.05, 3.63) is 126 Å². The molecule has 5 heteroatoms. The van der Waals surface area contributed by atoms with E-state index in [1.54, 1.807) is 6.20 Å². The van der Waals surface area contributed by atoms with Crippen LogP contribution in [0.5, 0.6) is 0 Å². The SMILES string of the molecule is C#C.C=C/C(=C\C(=C/C)C(=C)/C=C(CC(=C)Nc1cncc(-c2cccnc2)c1C)\C(=C/C)NC)N(C)C. The molecule has 38 heavy (non-hydrogen) atoms. The highest BCUT2D eigenvalue weighted by Gasteiger charge is 2.11. The maximum atomic E-state index is 4.44. The van der Waals surface area contributed by atoms with Crippen LogP contribution in [0.1, 0.15) is 25.8 Å². The zero-order valence-electron chi connectivity index (χ0n) is 23.7. The Labute approximate surface area is 229 Å². The average molecular weight is 508 g/mol. The molecule has 0 aliphatic heterocycles. The van der Waals surface area contributed by atoms with Crippen molar-refractivity contribution in [2.75, 3.05) is 26.5 Å². The smallest absolute Gasteiger partial charge is 0.0604 e. The number of pyridine rings is 2. The monoisotopic (exact) mass is 507 g/mol. The Kier molecular flexibility index (Phi) is 13.4. The van der Waals surface area contributed by atoms with Gasteiger partial charge in [0, 0.05) is 74.4 Å². The molecule has 0 aliphatic rings. The lowest BCUT2D eigenvalue weighted by atomic mass is 9.98. The lowest BCUT2D eigenvalue weighted by Crippen LogP contribution is -2.12. The topological polar surface area (TPSA) is 53.1 Å². The first-order valence-corrected chi connectivity index (χ1v) is 12.3. The molecule has 0 bridgehead atoms. The van der Waals surface area contributed by atoms with Crippen LogP contribution in [0, 0.1) is 19.8 Å². The minimum absolute atomic E-state index is 0.610. The van der Waals surface area contributed by atoms with Gasteiger partial charge in [0.1, 0.15) is 0 Å². The van der Waals surface area contributed by atoms with Gasteiger partial charge in [0.05, 0.1) is 11.9 Å². The molecule has 2 aromatic rings. The number of nitrogens with zero attached hydrogens (tertiary/aromatic N) is 3. The minimum Gasteiger partial charge on any atom is -0.388 e. The predicted octanol–water partition coefficient (Wildman–Crippen LogP) is 7.20. The molecule has 0 aromatic carbocycles. The van der Waals surface area contributed by atoms with Gasteiger partial charge in [-0.1, -0.05) is 38.0 Å². The van der Waals surface area contributed by atoms with Crippen molar-refractivity contribution < 1.29 is 0 Å². The van der Waals surface area contributed by atoms with E-state index < -0.39 is 0 Å². The number of hydrogen-bond donors (Lipinski definition) is 2. The molecule has 0 radical (unpaired) electrons. The summed E-state index contributed by atoms with van der Waals surface area (Å²) in [6.45, 7) is 18.7. The summed E-state index contributed by atoms with van der Waals surface area (Å²) in [7, 11) is 5.92. The first-order chi connectivity index (χ1) is 18.2. The molecule has 0 amide bonds. The third-order valence-electron chi connectivity index (χ3n) is 5.87. The van der Waals surface area contributed by atoms with Crippen molar-refractivity contribution in [3.63, 3.8) is 0 Å². The molecule has 2 N–H and O–H groups in total. The number of anilines is 1. The van der Waals surface area contributed by atoms with Gasteiger partial charge in [0.2, 0.25) is 0 Å². The van der Waals surface area contributed by atoms with Crippen LogP contribution >= 0.6 is 0 Å². The van der Waals surface area contributed by atoms with Crippen LogP contribution < -0.4 is 10.6 Å². The first kappa shape index (κ1) is 31.5. The molecule has 0 atom stereocenters. The third kappa shape index (κ3) is 8.83. The van der Waals surface area contributed by atoms with Crippen molar-refractivity contribution in [1.29, 1.82) is 0 Å². The molecular formula is C33H41N5. The second kappa shape index (κ2) is 16.2. The van der Waals surface area contributed by atoms with E-state index in [0.29, 0.717) is 6.42 Å². The predicted molar refractivity (Wildman–Crippen MR) is 165 cm³/mol. The number of rotatable bonds is 12. The van der Waals surface area contributed by atoms with Gasteiger partial charge in [-0.25, -0.2) is 0 Å². The van der Waals surface area contributed by atoms with E-state index in [2.05, 4.69) is 84.4 Å². The Hall–Kier alpha value is -4.56.